The van der Waals surface area contributed by atoms with Crippen LogP contribution in [0.5, 0.6) is 0 Å². The molecule has 1 aromatic heterocycles. The number of benzene rings is 3. The van der Waals surface area contributed by atoms with Crippen molar-refractivity contribution in [3.8, 4) is 0 Å². The maximum atomic E-state index is 12.6. The third-order valence-corrected chi connectivity index (χ3v) is 8.96. The van der Waals surface area contributed by atoms with Gasteiger partial charge in [0, 0.05) is 35.2 Å². The third-order valence-electron chi connectivity index (χ3n) is 8.96. The Morgan fingerprint density at radius 3 is 1.73 bits per heavy atom. The van der Waals surface area contributed by atoms with E-state index in [-0.39, 0.29) is 29.6 Å². The highest BCUT2D eigenvalue weighted by molar-refractivity contribution is 5.95. The molecule has 5 N–H and O–H groups in total. The quantitative estimate of drug-likeness (QED) is 0.0665. The van der Waals surface area contributed by atoms with Gasteiger partial charge in [-0.25, -0.2) is 9.59 Å². The number of aromatic amines is 1. The van der Waals surface area contributed by atoms with Gasteiger partial charge in [0.15, 0.2) is 0 Å². The van der Waals surface area contributed by atoms with Gasteiger partial charge < -0.3 is 30.8 Å². The number of nitrogens with zero attached hydrogens (tertiary/aromatic N) is 1. The Bertz CT molecular complexity index is 1960. The first-order valence-corrected chi connectivity index (χ1v) is 19.0. The molecule has 0 aliphatic carbocycles. The van der Waals surface area contributed by atoms with Gasteiger partial charge in [0.2, 0.25) is 0 Å². The van der Waals surface area contributed by atoms with E-state index in [9.17, 15) is 9.59 Å². The van der Waals surface area contributed by atoms with Crippen molar-refractivity contribution >= 4 is 40.6 Å². The first-order chi connectivity index (χ1) is 26.7. The molecule has 0 radical (unpaired) electrons. The SMILES string of the molecule is C=CC(/C=C/c1ccc(N(c2ccc(C(C)(C)C)cc2)c2ccc(C(C)(C)C)cc2)cc1)=C\C/C(=C\C(=C/N)C(=O)OCC)c1cc(C(=O)OCC)c[nH]1.CN. The van der Waals surface area contributed by atoms with E-state index in [1.807, 2.05) is 18.2 Å². The number of nitrogens with two attached hydrogens (primary N) is 2. The Hall–Kier alpha value is -5.86. The number of H-pyrrole nitrogens is 1. The molecule has 56 heavy (non-hydrogen) atoms. The van der Waals surface area contributed by atoms with E-state index in [0.29, 0.717) is 17.7 Å². The second-order valence-corrected chi connectivity index (χ2v) is 15.0. The molecule has 0 bridgehead atoms. The molecule has 8 nitrogen and oxygen atoms in total. The average Bonchev–Trinajstić information content (AvgIpc) is 3.68. The van der Waals surface area contributed by atoms with Crippen molar-refractivity contribution in [2.45, 2.75) is 72.6 Å². The molecule has 4 aromatic rings. The minimum absolute atomic E-state index is 0.0604. The van der Waals surface area contributed by atoms with E-state index in [4.69, 9.17) is 15.2 Å². The summed E-state index contributed by atoms with van der Waals surface area (Å²) in [6.45, 7) is 21.4. The van der Waals surface area contributed by atoms with Crippen LogP contribution < -0.4 is 16.4 Å². The third kappa shape index (κ3) is 12.3. The summed E-state index contributed by atoms with van der Waals surface area (Å²) in [5.41, 5.74) is 20.1. The van der Waals surface area contributed by atoms with Gasteiger partial charge in [0.25, 0.3) is 0 Å². The Labute approximate surface area is 334 Å². The van der Waals surface area contributed by atoms with Gasteiger partial charge in [0.1, 0.15) is 0 Å². The van der Waals surface area contributed by atoms with Crippen molar-refractivity contribution in [1.82, 2.24) is 4.98 Å². The van der Waals surface area contributed by atoms with E-state index in [2.05, 4.69) is 137 Å². The Balaban J connectivity index is 0.00000414. The summed E-state index contributed by atoms with van der Waals surface area (Å²) < 4.78 is 10.3. The van der Waals surface area contributed by atoms with Crippen molar-refractivity contribution in [3.63, 3.8) is 0 Å². The first kappa shape index (κ1) is 44.5. The number of aromatic nitrogens is 1. The zero-order valence-corrected chi connectivity index (χ0v) is 34.6. The van der Waals surface area contributed by atoms with Crippen molar-refractivity contribution in [2.75, 3.05) is 25.2 Å². The zero-order chi connectivity index (χ0) is 41.5. The molecule has 0 amide bonds. The van der Waals surface area contributed by atoms with Crippen molar-refractivity contribution in [2.24, 2.45) is 11.5 Å². The highest BCUT2D eigenvalue weighted by Gasteiger charge is 2.19. The smallest absolute Gasteiger partial charge is 0.339 e. The molecule has 0 atom stereocenters. The van der Waals surface area contributed by atoms with E-state index in [0.717, 1.165) is 33.8 Å². The number of allylic oxidation sites excluding steroid dienone is 5. The summed E-state index contributed by atoms with van der Waals surface area (Å²) in [6.07, 6.45) is 12.7. The minimum Gasteiger partial charge on any atom is -0.462 e. The molecule has 296 valence electrons. The Morgan fingerprint density at radius 1 is 0.786 bits per heavy atom. The van der Waals surface area contributed by atoms with Gasteiger partial charge in [-0.2, -0.15) is 0 Å². The first-order valence-electron chi connectivity index (χ1n) is 19.0. The van der Waals surface area contributed by atoms with Crippen LogP contribution in [0.1, 0.15) is 94.6 Å². The van der Waals surface area contributed by atoms with Gasteiger partial charge in [-0.3, -0.25) is 0 Å². The van der Waals surface area contributed by atoms with Crippen LogP contribution >= 0.6 is 0 Å². The number of anilines is 3. The molecule has 8 heteroatoms. The summed E-state index contributed by atoms with van der Waals surface area (Å²) in [6, 6.07) is 27.8. The van der Waals surface area contributed by atoms with Crippen LogP contribution in [0, 0.1) is 0 Å². The van der Waals surface area contributed by atoms with Crippen LogP contribution in [-0.4, -0.2) is 37.2 Å². The lowest BCUT2D eigenvalue weighted by Gasteiger charge is -2.28. The number of rotatable bonds is 14. The fourth-order valence-corrected chi connectivity index (χ4v) is 5.78. The molecular weight excluding hydrogens is 697 g/mol. The topological polar surface area (TPSA) is 124 Å². The summed E-state index contributed by atoms with van der Waals surface area (Å²) in [5, 5.41) is 0. The monoisotopic (exact) mass is 756 g/mol. The second-order valence-electron chi connectivity index (χ2n) is 15.0. The number of carbonyl (C=O) groups is 2. The lowest BCUT2D eigenvalue weighted by atomic mass is 9.86. The van der Waals surface area contributed by atoms with Crippen molar-refractivity contribution in [1.29, 1.82) is 0 Å². The number of ether oxygens (including phenoxy) is 2. The van der Waals surface area contributed by atoms with Gasteiger partial charge in [-0.1, -0.05) is 109 Å². The van der Waals surface area contributed by atoms with Crippen LogP contribution in [0.4, 0.5) is 17.1 Å². The highest BCUT2D eigenvalue weighted by atomic mass is 16.5. The molecule has 0 fully saturated rings. The second kappa shape index (κ2) is 20.7. The molecule has 0 saturated heterocycles. The minimum atomic E-state index is -0.534. The summed E-state index contributed by atoms with van der Waals surface area (Å²) in [7, 11) is 1.50. The highest BCUT2D eigenvalue weighted by Crippen LogP contribution is 2.37. The standard InChI is InChI=1S/C47H55N3O4.CH5N/c1-10-33(15-18-35(29-36(31-48)44(51)53-11-2)43-30-37(32-49-43)45(52)54-12-3)13-14-34-16-23-40(24-17-34)50(41-25-19-38(20-26-41)46(4,5)6)42-27-21-39(22-28-42)47(7,8)9;1-2/h10,13-17,19-32,49H,1,11-12,18,48H2,2-9H3;2H2,1H3/b14-13+,33-15+,35-29+,36-31+;. The van der Waals surface area contributed by atoms with Gasteiger partial charge >= 0.3 is 11.9 Å². The van der Waals surface area contributed by atoms with Crippen LogP contribution in [0.15, 0.2) is 133 Å². The van der Waals surface area contributed by atoms with Crippen molar-refractivity contribution in [3.05, 3.63) is 161 Å². The lowest BCUT2D eigenvalue weighted by molar-refractivity contribution is -0.138. The van der Waals surface area contributed by atoms with E-state index in [1.165, 1.54) is 24.4 Å². The van der Waals surface area contributed by atoms with Crippen LogP contribution in [0.3, 0.4) is 0 Å². The number of hydrogen-bond acceptors (Lipinski definition) is 7. The predicted octanol–water partition coefficient (Wildman–Crippen LogP) is 10.8. The molecule has 0 aliphatic heterocycles. The average molecular weight is 757 g/mol. The molecule has 0 spiro atoms. The fourth-order valence-electron chi connectivity index (χ4n) is 5.78. The Kier molecular flexibility index (Phi) is 16.5. The van der Waals surface area contributed by atoms with E-state index >= 15 is 0 Å². The fraction of sp³-hybridized carbons (Fsp3) is 0.292. The molecule has 0 saturated carbocycles. The maximum Gasteiger partial charge on any atom is 0.339 e. The summed E-state index contributed by atoms with van der Waals surface area (Å²) in [4.78, 5) is 30.4. The Morgan fingerprint density at radius 2 is 1.29 bits per heavy atom. The summed E-state index contributed by atoms with van der Waals surface area (Å²) in [5.74, 6) is -0.969. The predicted molar refractivity (Wildman–Crippen MR) is 234 cm³/mol. The molecule has 0 unspecified atom stereocenters. The van der Waals surface area contributed by atoms with E-state index in [1.54, 1.807) is 38.3 Å². The lowest BCUT2D eigenvalue weighted by Crippen LogP contribution is -2.14. The number of carbonyl (C=O) groups excluding carboxylic acids is 2. The molecule has 0 aliphatic rings. The summed E-state index contributed by atoms with van der Waals surface area (Å²) >= 11 is 0. The zero-order valence-electron chi connectivity index (χ0n) is 34.6. The number of esters is 2. The molecule has 3 aromatic carbocycles. The van der Waals surface area contributed by atoms with Gasteiger partial charge in [-0.05, 0) is 115 Å². The van der Waals surface area contributed by atoms with Crippen molar-refractivity contribution < 1.29 is 19.1 Å². The largest absolute Gasteiger partial charge is 0.462 e. The van der Waals surface area contributed by atoms with Crippen LogP contribution in [-0.2, 0) is 25.1 Å². The number of hydrogen-bond donors (Lipinski definition) is 3. The van der Waals surface area contributed by atoms with Crippen LogP contribution in [0.25, 0.3) is 11.6 Å². The maximum absolute atomic E-state index is 12.6. The van der Waals surface area contributed by atoms with Gasteiger partial charge in [0.05, 0.1) is 24.4 Å². The molecule has 1 heterocycles. The molecule has 4 rings (SSSR count). The van der Waals surface area contributed by atoms with Gasteiger partial charge in [-0.15, -0.1) is 0 Å². The van der Waals surface area contributed by atoms with E-state index < -0.39 is 11.9 Å². The normalized spacial score (nSPS) is 12.5. The van der Waals surface area contributed by atoms with Crippen LogP contribution in [0.2, 0.25) is 0 Å². The molecular formula is C48H60N4O4. The number of nitrogens with one attached hydrogen (secondary N) is 1.